The molecule has 1 aliphatic rings. The van der Waals surface area contributed by atoms with Gasteiger partial charge in [-0.1, -0.05) is 36.4 Å². The van der Waals surface area contributed by atoms with Crippen LogP contribution in [-0.2, 0) is 8.85 Å². The number of benzene rings is 2. The summed E-state index contributed by atoms with van der Waals surface area (Å²) in [6.07, 6.45) is 0. The summed E-state index contributed by atoms with van der Waals surface area (Å²) >= 11 is 0. The molecule has 3 rings (SSSR count). The number of anilines is 2. The van der Waals surface area contributed by atoms with Gasteiger partial charge in [0, 0.05) is 25.6 Å². The standard InChI is InChI=1S/C15H18N2O2Si/c1-18-20(19-2)16(14-9-5-3-6-10-14)13-17(20)15-11-7-4-8-12-15/h3-12H,13H2,1-2H3. The van der Waals surface area contributed by atoms with E-state index in [0.717, 1.165) is 18.0 Å². The van der Waals surface area contributed by atoms with Crippen LogP contribution < -0.4 is 9.13 Å². The van der Waals surface area contributed by atoms with Crippen molar-refractivity contribution in [3.8, 4) is 0 Å². The van der Waals surface area contributed by atoms with E-state index in [1.807, 2.05) is 36.4 Å². The van der Waals surface area contributed by atoms with Crippen molar-refractivity contribution < 1.29 is 8.85 Å². The van der Waals surface area contributed by atoms with Crippen molar-refractivity contribution in [3.63, 3.8) is 0 Å². The molecule has 2 aromatic rings. The Labute approximate surface area is 120 Å². The molecule has 5 heteroatoms. The first-order valence-corrected chi connectivity index (χ1v) is 8.28. The summed E-state index contributed by atoms with van der Waals surface area (Å²) in [6.45, 7) is 0.780. The van der Waals surface area contributed by atoms with Gasteiger partial charge in [-0.15, -0.1) is 0 Å². The van der Waals surface area contributed by atoms with E-state index in [1.165, 1.54) is 0 Å². The van der Waals surface area contributed by atoms with Gasteiger partial charge in [0.2, 0.25) is 0 Å². The average molecular weight is 286 g/mol. The van der Waals surface area contributed by atoms with Crippen molar-refractivity contribution >= 4 is 20.3 Å². The maximum atomic E-state index is 5.83. The van der Waals surface area contributed by atoms with Crippen LogP contribution in [0.15, 0.2) is 60.7 Å². The molecule has 2 aromatic carbocycles. The lowest BCUT2D eigenvalue weighted by molar-refractivity contribution is 0.218. The largest absolute Gasteiger partial charge is 0.591 e. The molecule has 0 unspecified atom stereocenters. The highest BCUT2D eigenvalue weighted by Gasteiger charge is 2.61. The number of para-hydroxylation sites is 2. The minimum Gasteiger partial charge on any atom is -0.365 e. The van der Waals surface area contributed by atoms with Gasteiger partial charge in [-0.3, -0.25) is 0 Å². The molecule has 1 saturated heterocycles. The smallest absolute Gasteiger partial charge is 0.365 e. The normalized spacial score (nSPS) is 16.9. The van der Waals surface area contributed by atoms with Crippen molar-refractivity contribution in [2.24, 2.45) is 0 Å². The lowest BCUT2D eigenvalue weighted by Crippen LogP contribution is -2.82. The first-order valence-electron chi connectivity index (χ1n) is 6.57. The minimum absolute atomic E-state index is 0.780. The van der Waals surface area contributed by atoms with Gasteiger partial charge in [0.15, 0.2) is 0 Å². The lowest BCUT2D eigenvalue weighted by Gasteiger charge is -2.56. The quantitative estimate of drug-likeness (QED) is 0.807. The molecule has 0 amide bonds. The van der Waals surface area contributed by atoms with Gasteiger partial charge in [0.25, 0.3) is 0 Å². The van der Waals surface area contributed by atoms with Crippen LogP contribution >= 0.6 is 0 Å². The maximum absolute atomic E-state index is 5.83. The Morgan fingerprint density at radius 2 is 1.15 bits per heavy atom. The second-order valence-electron chi connectivity index (χ2n) is 4.63. The lowest BCUT2D eigenvalue weighted by atomic mass is 10.3. The summed E-state index contributed by atoms with van der Waals surface area (Å²) in [6, 6.07) is 20.5. The van der Waals surface area contributed by atoms with Gasteiger partial charge < -0.3 is 18.0 Å². The first kappa shape index (κ1) is 13.2. The molecule has 4 nitrogen and oxygen atoms in total. The summed E-state index contributed by atoms with van der Waals surface area (Å²) in [7, 11) is 0.881. The summed E-state index contributed by atoms with van der Waals surface area (Å²) < 4.78 is 16.1. The van der Waals surface area contributed by atoms with E-state index >= 15 is 0 Å². The van der Waals surface area contributed by atoms with E-state index in [4.69, 9.17) is 8.85 Å². The van der Waals surface area contributed by atoms with Crippen molar-refractivity contribution in [1.29, 1.82) is 0 Å². The Morgan fingerprint density at radius 1 is 0.750 bits per heavy atom. The Balaban J connectivity index is 1.94. The maximum Gasteiger partial charge on any atom is 0.591 e. The van der Waals surface area contributed by atoms with Crippen LogP contribution in [-0.4, -0.2) is 29.8 Å². The van der Waals surface area contributed by atoms with E-state index in [-0.39, 0.29) is 0 Å². The van der Waals surface area contributed by atoms with E-state index in [1.54, 1.807) is 14.2 Å². The van der Waals surface area contributed by atoms with Crippen molar-refractivity contribution in [2.45, 2.75) is 0 Å². The zero-order valence-corrected chi connectivity index (χ0v) is 12.7. The van der Waals surface area contributed by atoms with Crippen LogP contribution in [0.1, 0.15) is 0 Å². The molecule has 20 heavy (non-hydrogen) atoms. The number of hydrogen-bond donors (Lipinski definition) is 0. The fourth-order valence-electron chi connectivity index (χ4n) is 2.62. The fourth-order valence-corrected chi connectivity index (χ4v) is 5.32. The van der Waals surface area contributed by atoms with Gasteiger partial charge in [0.05, 0.1) is 6.67 Å². The summed E-state index contributed by atoms with van der Waals surface area (Å²) in [4.78, 5) is 0. The third kappa shape index (κ3) is 1.91. The van der Waals surface area contributed by atoms with Gasteiger partial charge in [-0.25, -0.2) is 0 Å². The zero-order valence-electron chi connectivity index (χ0n) is 11.7. The van der Waals surface area contributed by atoms with Gasteiger partial charge in [0.1, 0.15) is 0 Å². The Bertz CT molecular complexity index is 513. The molecular formula is C15H18N2O2Si. The SMILES string of the molecule is CO[Si]1(OC)N(c2ccccc2)CN1c1ccccc1. The highest BCUT2D eigenvalue weighted by atomic mass is 28.4. The monoisotopic (exact) mass is 286 g/mol. The van der Waals surface area contributed by atoms with Gasteiger partial charge in [-0.05, 0) is 24.3 Å². The molecular weight excluding hydrogens is 268 g/mol. The molecule has 0 radical (unpaired) electrons. The molecule has 0 spiro atoms. The zero-order chi connectivity index (χ0) is 14.0. The van der Waals surface area contributed by atoms with E-state index in [9.17, 15) is 0 Å². The Morgan fingerprint density at radius 3 is 1.50 bits per heavy atom. The van der Waals surface area contributed by atoms with E-state index in [0.29, 0.717) is 0 Å². The molecule has 1 aliphatic heterocycles. The third-order valence-corrected chi connectivity index (χ3v) is 6.86. The number of rotatable bonds is 4. The molecule has 0 N–H and O–H groups in total. The fraction of sp³-hybridized carbons (Fsp3) is 0.200. The average Bonchev–Trinajstić information content (AvgIpc) is 2.50. The molecule has 1 fully saturated rings. The first-order chi connectivity index (χ1) is 9.81. The molecule has 104 valence electrons. The van der Waals surface area contributed by atoms with Crippen LogP contribution in [0, 0.1) is 0 Å². The van der Waals surface area contributed by atoms with Gasteiger partial charge in [-0.2, -0.15) is 0 Å². The molecule has 1 heterocycles. The van der Waals surface area contributed by atoms with E-state index < -0.39 is 8.88 Å². The third-order valence-electron chi connectivity index (χ3n) is 3.63. The summed E-state index contributed by atoms with van der Waals surface area (Å²) in [5.74, 6) is 0. The predicted molar refractivity (Wildman–Crippen MR) is 82.5 cm³/mol. The highest BCUT2D eigenvalue weighted by Crippen LogP contribution is 2.36. The Hall–Kier alpha value is -1.82. The van der Waals surface area contributed by atoms with Crippen LogP contribution in [0.25, 0.3) is 0 Å². The second kappa shape index (κ2) is 5.28. The van der Waals surface area contributed by atoms with Crippen LogP contribution in [0.4, 0.5) is 11.4 Å². The predicted octanol–water partition coefficient (Wildman–Crippen LogP) is 2.70. The van der Waals surface area contributed by atoms with Crippen LogP contribution in [0.2, 0.25) is 0 Å². The molecule has 0 aliphatic carbocycles. The van der Waals surface area contributed by atoms with Gasteiger partial charge >= 0.3 is 8.88 Å². The minimum atomic E-state index is -2.56. The van der Waals surface area contributed by atoms with Crippen LogP contribution in [0.5, 0.6) is 0 Å². The number of hydrogen-bond acceptors (Lipinski definition) is 4. The summed E-state index contributed by atoms with van der Waals surface area (Å²) in [5, 5.41) is 0. The topological polar surface area (TPSA) is 24.9 Å². The van der Waals surface area contributed by atoms with Crippen LogP contribution in [0.3, 0.4) is 0 Å². The molecule has 0 aromatic heterocycles. The van der Waals surface area contributed by atoms with Crippen molar-refractivity contribution in [1.82, 2.24) is 0 Å². The molecule has 0 saturated carbocycles. The summed E-state index contributed by atoms with van der Waals surface area (Å²) in [5.41, 5.74) is 2.27. The Kier molecular flexibility index (Phi) is 3.48. The second-order valence-corrected chi connectivity index (χ2v) is 7.62. The highest BCUT2D eigenvalue weighted by molar-refractivity contribution is 6.78. The molecule has 0 bridgehead atoms. The molecule has 0 atom stereocenters. The van der Waals surface area contributed by atoms with Crippen molar-refractivity contribution in [3.05, 3.63) is 60.7 Å². The van der Waals surface area contributed by atoms with Crippen molar-refractivity contribution in [2.75, 3.05) is 30.0 Å². The number of nitrogens with zero attached hydrogens (tertiary/aromatic N) is 2. The van der Waals surface area contributed by atoms with E-state index in [2.05, 4.69) is 33.4 Å².